The summed E-state index contributed by atoms with van der Waals surface area (Å²) in [6.07, 6.45) is 11.4. The van der Waals surface area contributed by atoms with Crippen molar-refractivity contribution < 1.29 is 0 Å². The summed E-state index contributed by atoms with van der Waals surface area (Å²) < 4.78 is 2.33. The molecule has 2 rings (SSSR count). The average Bonchev–Trinajstić information content (AvgIpc) is 3.07. The molecule has 1 aliphatic rings. The van der Waals surface area contributed by atoms with E-state index in [0.717, 1.165) is 11.6 Å². The molecule has 3 nitrogen and oxygen atoms in total. The van der Waals surface area contributed by atoms with Gasteiger partial charge in [0.05, 0.1) is 5.69 Å². The highest BCUT2D eigenvalue weighted by molar-refractivity contribution is 5.32. The first-order valence-electron chi connectivity index (χ1n) is 7.52. The summed E-state index contributed by atoms with van der Waals surface area (Å²) in [7, 11) is 0. The van der Waals surface area contributed by atoms with Crippen molar-refractivity contribution in [1.29, 1.82) is 0 Å². The van der Waals surface area contributed by atoms with Gasteiger partial charge in [-0.15, -0.1) is 0 Å². The molecule has 102 valence electrons. The van der Waals surface area contributed by atoms with Crippen molar-refractivity contribution >= 4 is 5.95 Å². The maximum Gasteiger partial charge on any atom is 0.203 e. The number of imidazole rings is 1. The Kier molecular flexibility index (Phi) is 4.67. The van der Waals surface area contributed by atoms with Crippen LogP contribution in [0.1, 0.15) is 70.5 Å². The monoisotopic (exact) mass is 249 g/mol. The van der Waals surface area contributed by atoms with E-state index in [-0.39, 0.29) is 0 Å². The molecule has 3 heteroatoms. The van der Waals surface area contributed by atoms with Gasteiger partial charge in [-0.05, 0) is 33.1 Å². The third-order valence-electron chi connectivity index (χ3n) is 3.71. The molecule has 0 aromatic carbocycles. The Balaban J connectivity index is 1.88. The molecular weight excluding hydrogens is 222 g/mol. The molecule has 1 atom stereocenters. The molecule has 1 saturated carbocycles. The number of unbranched alkanes of at least 4 members (excludes halogenated alkanes) is 3. The molecule has 1 N–H and O–H groups in total. The van der Waals surface area contributed by atoms with Crippen molar-refractivity contribution in [2.45, 2.75) is 77.8 Å². The first-order valence-corrected chi connectivity index (χ1v) is 7.52. The van der Waals surface area contributed by atoms with E-state index in [0.29, 0.717) is 12.1 Å². The summed E-state index contributed by atoms with van der Waals surface area (Å²) in [6, 6.07) is 1.24. The van der Waals surface area contributed by atoms with Gasteiger partial charge in [-0.1, -0.05) is 32.6 Å². The second-order valence-electron chi connectivity index (χ2n) is 5.73. The minimum absolute atomic E-state index is 0.560. The van der Waals surface area contributed by atoms with Gasteiger partial charge in [0.25, 0.3) is 0 Å². The number of anilines is 1. The van der Waals surface area contributed by atoms with Crippen LogP contribution in [0.15, 0.2) is 6.20 Å². The summed E-state index contributed by atoms with van der Waals surface area (Å²) in [5, 5.41) is 3.54. The molecule has 0 spiro atoms. The topological polar surface area (TPSA) is 29.9 Å². The van der Waals surface area contributed by atoms with Crippen LogP contribution in [0, 0.1) is 6.92 Å². The van der Waals surface area contributed by atoms with E-state index in [1.807, 2.05) is 0 Å². The van der Waals surface area contributed by atoms with Crippen molar-refractivity contribution in [2.24, 2.45) is 0 Å². The van der Waals surface area contributed by atoms with Crippen LogP contribution in [0.5, 0.6) is 0 Å². The molecule has 1 unspecified atom stereocenters. The minimum atomic E-state index is 0.560. The van der Waals surface area contributed by atoms with E-state index >= 15 is 0 Å². The van der Waals surface area contributed by atoms with Gasteiger partial charge in [-0.3, -0.25) is 0 Å². The standard InChI is InChI=1S/C15H27N3/c1-4-5-6-7-8-13(3)18-11-12(2)16-15(18)17-14-9-10-14/h11,13-14H,4-10H2,1-3H3,(H,16,17). The molecule has 0 aliphatic heterocycles. The van der Waals surface area contributed by atoms with Crippen molar-refractivity contribution in [2.75, 3.05) is 5.32 Å². The van der Waals surface area contributed by atoms with Crippen LogP contribution in [0.25, 0.3) is 0 Å². The Morgan fingerprint density at radius 1 is 1.39 bits per heavy atom. The summed E-state index contributed by atoms with van der Waals surface area (Å²) in [5.74, 6) is 1.08. The number of hydrogen-bond donors (Lipinski definition) is 1. The fourth-order valence-corrected chi connectivity index (χ4v) is 2.37. The lowest BCUT2D eigenvalue weighted by Gasteiger charge is -2.16. The van der Waals surface area contributed by atoms with E-state index in [1.54, 1.807) is 0 Å². The number of nitrogens with one attached hydrogen (secondary N) is 1. The highest BCUT2D eigenvalue weighted by atomic mass is 15.2. The van der Waals surface area contributed by atoms with E-state index in [4.69, 9.17) is 0 Å². The van der Waals surface area contributed by atoms with E-state index in [1.165, 1.54) is 44.9 Å². The van der Waals surface area contributed by atoms with Crippen LogP contribution in [0.4, 0.5) is 5.95 Å². The molecule has 1 aromatic rings. The predicted molar refractivity (Wildman–Crippen MR) is 77.1 cm³/mol. The Labute approximate surface area is 111 Å². The second kappa shape index (κ2) is 6.26. The molecule has 0 saturated heterocycles. The Bertz CT molecular complexity index is 366. The van der Waals surface area contributed by atoms with Crippen LogP contribution in [-0.4, -0.2) is 15.6 Å². The minimum Gasteiger partial charge on any atom is -0.353 e. The predicted octanol–water partition coefficient (Wildman–Crippen LogP) is 4.30. The van der Waals surface area contributed by atoms with Crippen molar-refractivity contribution in [3.63, 3.8) is 0 Å². The van der Waals surface area contributed by atoms with Crippen molar-refractivity contribution in [3.8, 4) is 0 Å². The highest BCUT2D eigenvalue weighted by Gasteiger charge is 2.23. The van der Waals surface area contributed by atoms with Gasteiger partial charge >= 0.3 is 0 Å². The van der Waals surface area contributed by atoms with Gasteiger partial charge in [0.1, 0.15) is 0 Å². The first kappa shape index (κ1) is 13.4. The summed E-state index contributed by atoms with van der Waals surface area (Å²) in [6.45, 7) is 6.66. The largest absolute Gasteiger partial charge is 0.353 e. The van der Waals surface area contributed by atoms with Crippen LogP contribution in [-0.2, 0) is 0 Å². The maximum atomic E-state index is 4.61. The molecule has 0 radical (unpaired) electrons. The molecule has 1 aliphatic carbocycles. The molecular formula is C15H27N3. The average molecular weight is 249 g/mol. The lowest BCUT2D eigenvalue weighted by molar-refractivity contribution is 0.475. The molecule has 0 amide bonds. The van der Waals surface area contributed by atoms with Gasteiger partial charge in [0.2, 0.25) is 5.95 Å². The van der Waals surface area contributed by atoms with E-state index in [2.05, 4.69) is 41.8 Å². The third kappa shape index (κ3) is 3.76. The number of aryl methyl sites for hydroxylation is 1. The number of hydrogen-bond acceptors (Lipinski definition) is 2. The molecule has 1 fully saturated rings. The maximum absolute atomic E-state index is 4.61. The summed E-state index contributed by atoms with van der Waals surface area (Å²) >= 11 is 0. The molecule has 1 aromatic heterocycles. The summed E-state index contributed by atoms with van der Waals surface area (Å²) in [5.41, 5.74) is 1.12. The zero-order chi connectivity index (χ0) is 13.0. The van der Waals surface area contributed by atoms with E-state index < -0.39 is 0 Å². The van der Waals surface area contributed by atoms with Crippen LogP contribution >= 0.6 is 0 Å². The zero-order valence-electron chi connectivity index (χ0n) is 12.1. The van der Waals surface area contributed by atoms with Crippen LogP contribution in [0.3, 0.4) is 0 Å². The van der Waals surface area contributed by atoms with Gasteiger partial charge in [-0.25, -0.2) is 4.98 Å². The van der Waals surface area contributed by atoms with Gasteiger partial charge in [0, 0.05) is 18.3 Å². The lowest BCUT2D eigenvalue weighted by atomic mass is 10.1. The molecule has 18 heavy (non-hydrogen) atoms. The quantitative estimate of drug-likeness (QED) is 0.696. The first-order chi connectivity index (χ1) is 8.70. The van der Waals surface area contributed by atoms with E-state index in [9.17, 15) is 0 Å². The Morgan fingerprint density at radius 2 is 2.17 bits per heavy atom. The fraction of sp³-hybridized carbons (Fsp3) is 0.800. The van der Waals surface area contributed by atoms with Gasteiger partial charge < -0.3 is 9.88 Å². The molecule has 1 heterocycles. The van der Waals surface area contributed by atoms with Crippen molar-refractivity contribution in [1.82, 2.24) is 9.55 Å². The van der Waals surface area contributed by atoms with Crippen LogP contribution < -0.4 is 5.32 Å². The number of nitrogens with zero attached hydrogens (tertiary/aromatic N) is 2. The fourth-order valence-electron chi connectivity index (χ4n) is 2.37. The number of rotatable bonds is 8. The normalized spacial score (nSPS) is 16.8. The SMILES string of the molecule is CCCCCCC(C)n1cc(C)nc1NC1CC1. The van der Waals surface area contributed by atoms with Gasteiger partial charge in [0.15, 0.2) is 0 Å². The zero-order valence-corrected chi connectivity index (χ0v) is 12.1. The highest BCUT2D eigenvalue weighted by Crippen LogP contribution is 2.27. The smallest absolute Gasteiger partial charge is 0.203 e. The third-order valence-corrected chi connectivity index (χ3v) is 3.71. The van der Waals surface area contributed by atoms with Crippen LogP contribution in [0.2, 0.25) is 0 Å². The number of aromatic nitrogens is 2. The Morgan fingerprint density at radius 3 is 2.83 bits per heavy atom. The summed E-state index contributed by atoms with van der Waals surface area (Å²) in [4.78, 5) is 4.61. The lowest BCUT2D eigenvalue weighted by Crippen LogP contribution is -2.12. The second-order valence-corrected chi connectivity index (χ2v) is 5.73. The molecule has 0 bridgehead atoms. The van der Waals surface area contributed by atoms with Gasteiger partial charge in [-0.2, -0.15) is 0 Å². The Hall–Kier alpha value is -0.990. The van der Waals surface area contributed by atoms with Crippen molar-refractivity contribution in [3.05, 3.63) is 11.9 Å².